The van der Waals surface area contributed by atoms with Crippen LogP contribution in [0.1, 0.15) is 23.2 Å². The molecule has 0 unspecified atom stereocenters. The Morgan fingerprint density at radius 3 is 3.00 bits per heavy atom. The lowest BCUT2D eigenvalue weighted by Gasteiger charge is -2.11. The van der Waals surface area contributed by atoms with E-state index in [2.05, 4.69) is 0 Å². The number of carbonyl (C=O) groups excluding carboxylic acids is 1. The van der Waals surface area contributed by atoms with Gasteiger partial charge in [-0.3, -0.25) is 4.79 Å². The summed E-state index contributed by atoms with van der Waals surface area (Å²) in [5, 5.41) is 0. The van der Waals surface area contributed by atoms with Crippen molar-refractivity contribution in [1.29, 1.82) is 0 Å². The second kappa shape index (κ2) is 3.47. The second-order valence-electron chi connectivity index (χ2n) is 2.96. The Hall–Kier alpha value is -1.51. The maximum atomic E-state index is 11.7. The molecule has 0 fully saturated rings. The van der Waals surface area contributed by atoms with Gasteiger partial charge in [-0.25, -0.2) is 0 Å². The molecule has 2 rings (SSSR count). The van der Waals surface area contributed by atoms with Crippen molar-refractivity contribution in [3.05, 3.63) is 36.0 Å². The lowest BCUT2D eigenvalue weighted by molar-refractivity contribution is 0.101. The zero-order valence-corrected chi connectivity index (χ0v) is 7.16. The van der Waals surface area contributed by atoms with Gasteiger partial charge in [0.25, 0.3) is 0 Å². The summed E-state index contributed by atoms with van der Waals surface area (Å²) < 4.78 is 9.93. The highest BCUT2D eigenvalue weighted by Gasteiger charge is 2.15. The van der Waals surface area contributed by atoms with E-state index >= 15 is 0 Å². The number of carbonyl (C=O) groups is 1. The highest BCUT2D eigenvalue weighted by atomic mass is 16.5. The molecule has 2 heterocycles. The predicted octanol–water partition coefficient (Wildman–Crippen LogP) is 2.16. The number of rotatable bonds is 2. The normalized spacial score (nSPS) is 16.2. The van der Waals surface area contributed by atoms with Crippen molar-refractivity contribution in [2.75, 3.05) is 6.61 Å². The molecule has 3 heteroatoms. The molecule has 1 aromatic rings. The van der Waals surface area contributed by atoms with Gasteiger partial charge in [-0.05, 0) is 18.9 Å². The van der Waals surface area contributed by atoms with Crippen LogP contribution in [0.15, 0.2) is 34.8 Å². The van der Waals surface area contributed by atoms with Crippen LogP contribution in [0.4, 0.5) is 0 Å². The van der Waals surface area contributed by atoms with Gasteiger partial charge in [0.15, 0.2) is 5.78 Å². The standard InChI is InChI=1S/C10H10O3/c11-10(9-3-5-13-7-9)8-2-1-4-12-6-8/h3,5-7H,1-2,4H2. The molecule has 3 nitrogen and oxygen atoms in total. The van der Waals surface area contributed by atoms with Crippen molar-refractivity contribution < 1.29 is 13.9 Å². The third-order valence-corrected chi connectivity index (χ3v) is 2.01. The Bertz CT molecular complexity index is 322. The smallest absolute Gasteiger partial charge is 0.195 e. The number of Topliss-reactive ketones (excluding diaryl/α,β-unsaturated/α-hetero) is 1. The molecule has 0 atom stereocenters. The van der Waals surface area contributed by atoms with Gasteiger partial charge < -0.3 is 9.15 Å². The molecule has 0 N–H and O–H groups in total. The van der Waals surface area contributed by atoms with Crippen LogP contribution < -0.4 is 0 Å². The maximum absolute atomic E-state index is 11.7. The number of ketones is 1. The topological polar surface area (TPSA) is 39.4 Å². The van der Waals surface area contributed by atoms with Crippen molar-refractivity contribution in [3.8, 4) is 0 Å². The van der Waals surface area contributed by atoms with E-state index in [9.17, 15) is 4.79 Å². The molecule has 1 aliphatic heterocycles. The Labute approximate surface area is 76.0 Å². The molecule has 1 aromatic heterocycles. The van der Waals surface area contributed by atoms with Gasteiger partial charge in [-0.1, -0.05) is 0 Å². The number of hydrogen-bond donors (Lipinski definition) is 0. The quantitative estimate of drug-likeness (QED) is 0.651. The first kappa shape index (κ1) is 8.10. The zero-order valence-electron chi connectivity index (χ0n) is 7.16. The molecule has 1 aliphatic rings. The molecular weight excluding hydrogens is 168 g/mol. The van der Waals surface area contributed by atoms with Crippen LogP contribution in [-0.4, -0.2) is 12.4 Å². The average Bonchev–Trinajstić information content (AvgIpc) is 2.71. The molecule has 0 amide bonds. The largest absolute Gasteiger partial charge is 0.501 e. The van der Waals surface area contributed by atoms with Crippen molar-refractivity contribution in [1.82, 2.24) is 0 Å². The fraction of sp³-hybridized carbons (Fsp3) is 0.300. The van der Waals surface area contributed by atoms with Crippen molar-refractivity contribution in [3.63, 3.8) is 0 Å². The molecule has 0 bridgehead atoms. The summed E-state index contributed by atoms with van der Waals surface area (Å²) in [6.45, 7) is 0.710. The molecule has 0 saturated heterocycles. The lowest BCUT2D eigenvalue weighted by atomic mass is 10.0. The number of allylic oxidation sites excluding steroid dienone is 1. The predicted molar refractivity (Wildman–Crippen MR) is 46.3 cm³/mol. The summed E-state index contributed by atoms with van der Waals surface area (Å²) in [5.74, 6) is 0.00782. The maximum Gasteiger partial charge on any atom is 0.195 e. The summed E-state index contributed by atoms with van der Waals surface area (Å²) in [4.78, 5) is 11.7. The Morgan fingerprint density at radius 2 is 2.38 bits per heavy atom. The van der Waals surface area contributed by atoms with Gasteiger partial charge in [-0.15, -0.1) is 0 Å². The van der Waals surface area contributed by atoms with E-state index in [1.807, 2.05) is 0 Å². The molecule has 0 aromatic carbocycles. The van der Waals surface area contributed by atoms with E-state index < -0.39 is 0 Å². The van der Waals surface area contributed by atoms with Gasteiger partial charge >= 0.3 is 0 Å². The van der Waals surface area contributed by atoms with Gasteiger partial charge in [0.05, 0.1) is 24.7 Å². The van der Waals surface area contributed by atoms with E-state index in [0.717, 1.165) is 18.4 Å². The average molecular weight is 178 g/mol. The van der Waals surface area contributed by atoms with Crippen LogP contribution >= 0.6 is 0 Å². The first-order chi connectivity index (χ1) is 6.38. The lowest BCUT2D eigenvalue weighted by Crippen LogP contribution is -2.08. The first-order valence-corrected chi connectivity index (χ1v) is 4.25. The summed E-state index contributed by atoms with van der Waals surface area (Å²) >= 11 is 0. The fourth-order valence-electron chi connectivity index (χ4n) is 1.31. The van der Waals surface area contributed by atoms with Gasteiger partial charge in [0, 0.05) is 5.57 Å². The summed E-state index contributed by atoms with van der Waals surface area (Å²) in [6, 6.07) is 1.66. The van der Waals surface area contributed by atoms with E-state index in [1.54, 1.807) is 12.3 Å². The Morgan fingerprint density at radius 1 is 1.46 bits per heavy atom. The Balaban J connectivity index is 2.17. The summed E-state index contributed by atoms with van der Waals surface area (Å²) in [5.41, 5.74) is 1.32. The molecule has 68 valence electrons. The summed E-state index contributed by atoms with van der Waals surface area (Å²) in [7, 11) is 0. The Kier molecular flexibility index (Phi) is 2.17. The van der Waals surface area contributed by atoms with E-state index in [0.29, 0.717) is 12.2 Å². The number of ether oxygens (including phenoxy) is 1. The third-order valence-electron chi connectivity index (χ3n) is 2.01. The minimum absolute atomic E-state index is 0.00782. The second-order valence-corrected chi connectivity index (χ2v) is 2.96. The molecule has 0 saturated carbocycles. The number of furan rings is 1. The first-order valence-electron chi connectivity index (χ1n) is 4.25. The van der Waals surface area contributed by atoms with Crippen LogP contribution in [0.2, 0.25) is 0 Å². The molecule has 0 aliphatic carbocycles. The SMILES string of the molecule is O=C(C1=COCCC1)c1ccoc1. The van der Waals surface area contributed by atoms with Gasteiger partial charge in [-0.2, -0.15) is 0 Å². The molecular formula is C10H10O3. The van der Waals surface area contributed by atoms with E-state index in [4.69, 9.17) is 9.15 Å². The third kappa shape index (κ3) is 1.64. The van der Waals surface area contributed by atoms with Gasteiger partial charge in [0.1, 0.15) is 6.26 Å². The van der Waals surface area contributed by atoms with Crippen molar-refractivity contribution in [2.24, 2.45) is 0 Å². The van der Waals surface area contributed by atoms with Crippen LogP contribution in [0.5, 0.6) is 0 Å². The zero-order chi connectivity index (χ0) is 9.10. The molecule has 0 spiro atoms. The minimum atomic E-state index is 0.00782. The van der Waals surface area contributed by atoms with Crippen molar-refractivity contribution in [2.45, 2.75) is 12.8 Å². The van der Waals surface area contributed by atoms with Gasteiger partial charge in [0.2, 0.25) is 0 Å². The molecule has 13 heavy (non-hydrogen) atoms. The van der Waals surface area contributed by atoms with Crippen molar-refractivity contribution >= 4 is 5.78 Å². The van der Waals surface area contributed by atoms with E-state index in [1.165, 1.54) is 12.5 Å². The van der Waals surface area contributed by atoms with Crippen LogP contribution in [0.25, 0.3) is 0 Å². The highest BCUT2D eigenvalue weighted by Crippen LogP contribution is 2.17. The van der Waals surface area contributed by atoms with E-state index in [-0.39, 0.29) is 5.78 Å². The summed E-state index contributed by atoms with van der Waals surface area (Å²) in [6.07, 6.45) is 6.22. The highest BCUT2D eigenvalue weighted by molar-refractivity contribution is 6.08. The minimum Gasteiger partial charge on any atom is -0.501 e. The molecule has 0 radical (unpaired) electrons. The van der Waals surface area contributed by atoms with Crippen LogP contribution in [0, 0.1) is 0 Å². The monoisotopic (exact) mass is 178 g/mol. The van der Waals surface area contributed by atoms with Crippen LogP contribution in [0.3, 0.4) is 0 Å². The fourth-order valence-corrected chi connectivity index (χ4v) is 1.31. The number of hydrogen-bond acceptors (Lipinski definition) is 3. The van der Waals surface area contributed by atoms with Crippen LogP contribution in [-0.2, 0) is 4.74 Å².